The first kappa shape index (κ1) is 16.2. The van der Waals surface area contributed by atoms with Crippen molar-refractivity contribution < 1.29 is 8.42 Å². The molecule has 2 fully saturated rings. The standard InChI is InChI=1S/C15H30N2O2S/c1-15(2)12-17(9-10-20(3,18)19)14(11-16-15)13-7-5-4-6-8-13/h13-14,16H,4-12H2,1-3H3. The van der Waals surface area contributed by atoms with E-state index in [2.05, 4.69) is 24.1 Å². The van der Waals surface area contributed by atoms with Crippen molar-refractivity contribution in [3.63, 3.8) is 0 Å². The molecule has 1 heterocycles. The van der Waals surface area contributed by atoms with Gasteiger partial charge in [0.05, 0.1) is 5.75 Å². The first-order valence-electron chi connectivity index (χ1n) is 7.94. The smallest absolute Gasteiger partial charge is 0.148 e. The van der Waals surface area contributed by atoms with Crippen LogP contribution in [0.3, 0.4) is 0 Å². The third-order valence-electron chi connectivity index (χ3n) is 4.80. The lowest BCUT2D eigenvalue weighted by molar-refractivity contribution is 0.0530. The Balaban J connectivity index is 2.03. The predicted octanol–water partition coefficient (Wildman–Crippen LogP) is 1.66. The summed E-state index contributed by atoms with van der Waals surface area (Å²) in [5.74, 6) is 1.03. The van der Waals surface area contributed by atoms with Gasteiger partial charge in [0.25, 0.3) is 0 Å². The molecule has 5 heteroatoms. The van der Waals surface area contributed by atoms with Gasteiger partial charge in [-0.1, -0.05) is 19.3 Å². The molecule has 2 rings (SSSR count). The number of piperazine rings is 1. The van der Waals surface area contributed by atoms with Gasteiger partial charge in [-0.25, -0.2) is 8.42 Å². The van der Waals surface area contributed by atoms with Gasteiger partial charge in [-0.15, -0.1) is 0 Å². The van der Waals surface area contributed by atoms with Crippen molar-refractivity contribution in [3.05, 3.63) is 0 Å². The van der Waals surface area contributed by atoms with Crippen LogP contribution in [-0.2, 0) is 9.84 Å². The molecule has 0 amide bonds. The van der Waals surface area contributed by atoms with Gasteiger partial charge in [0.1, 0.15) is 9.84 Å². The summed E-state index contributed by atoms with van der Waals surface area (Å²) in [7, 11) is -2.88. The molecule has 0 aromatic rings. The van der Waals surface area contributed by atoms with Crippen molar-refractivity contribution in [2.75, 3.05) is 31.6 Å². The zero-order valence-corrected chi connectivity index (χ0v) is 14.0. The second kappa shape index (κ2) is 6.32. The quantitative estimate of drug-likeness (QED) is 0.858. The molecular weight excluding hydrogens is 272 g/mol. The van der Waals surface area contributed by atoms with Crippen LogP contribution in [0.1, 0.15) is 46.0 Å². The fourth-order valence-electron chi connectivity index (χ4n) is 3.70. The second-order valence-electron chi connectivity index (χ2n) is 7.33. The van der Waals surface area contributed by atoms with Crippen molar-refractivity contribution in [1.82, 2.24) is 10.2 Å². The van der Waals surface area contributed by atoms with Crippen molar-refractivity contribution in [2.24, 2.45) is 5.92 Å². The molecule has 4 nitrogen and oxygen atoms in total. The molecule has 1 unspecified atom stereocenters. The summed E-state index contributed by atoms with van der Waals surface area (Å²) in [6.45, 7) is 7.05. The number of rotatable bonds is 4. The fraction of sp³-hybridized carbons (Fsp3) is 1.00. The highest BCUT2D eigenvalue weighted by atomic mass is 32.2. The Bertz CT molecular complexity index is 414. The average Bonchev–Trinajstić information content (AvgIpc) is 2.36. The molecule has 0 aromatic heterocycles. The van der Waals surface area contributed by atoms with Crippen LogP contribution in [0.5, 0.6) is 0 Å². The third kappa shape index (κ3) is 4.71. The van der Waals surface area contributed by atoms with E-state index in [1.165, 1.54) is 38.4 Å². The predicted molar refractivity (Wildman–Crippen MR) is 83.7 cm³/mol. The zero-order chi connectivity index (χ0) is 14.8. The van der Waals surface area contributed by atoms with Gasteiger partial charge >= 0.3 is 0 Å². The lowest BCUT2D eigenvalue weighted by Crippen LogP contribution is -2.64. The molecule has 0 spiro atoms. The highest BCUT2D eigenvalue weighted by Gasteiger charge is 2.36. The highest BCUT2D eigenvalue weighted by molar-refractivity contribution is 7.90. The van der Waals surface area contributed by atoms with Crippen molar-refractivity contribution in [2.45, 2.75) is 57.5 Å². The van der Waals surface area contributed by atoms with Crippen LogP contribution in [0, 0.1) is 5.92 Å². The molecule has 0 bridgehead atoms. The summed E-state index contributed by atoms with van der Waals surface area (Å²) in [5, 5.41) is 3.64. The minimum atomic E-state index is -2.88. The Labute approximate surface area is 124 Å². The molecule has 1 saturated heterocycles. The number of sulfone groups is 1. The van der Waals surface area contributed by atoms with Crippen LogP contribution in [0.4, 0.5) is 0 Å². The number of hydrogen-bond acceptors (Lipinski definition) is 4. The Kier molecular flexibility index (Phi) is 5.14. The van der Waals surface area contributed by atoms with Gasteiger partial charge in [0.2, 0.25) is 0 Å². The largest absolute Gasteiger partial charge is 0.309 e. The molecular formula is C15H30N2O2S. The Morgan fingerprint density at radius 1 is 1.20 bits per heavy atom. The Morgan fingerprint density at radius 3 is 2.45 bits per heavy atom. The number of hydrogen-bond donors (Lipinski definition) is 1. The second-order valence-corrected chi connectivity index (χ2v) is 9.59. The van der Waals surface area contributed by atoms with E-state index in [0.717, 1.165) is 19.0 Å². The van der Waals surface area contributed by atoms with E-state index < -0.39 is 9.84 Å². The summed E-state index contributed by atoms with van der Waals surface area (Å²) in [5.41, 5.74) is 0.0860. The Hall–Kier alpha value is -0.130. The molecule has 1 N–H and O–H groups in total. The molecule has 1 saturated carbocycles. The lowest BCUT2D eigenvalue weighted by atomic mass is 9.81. The van der Waals surface area contributed by atoms with Crippen LogP contribution < -0.4 is 5.32 Å². The van der Waals surface area contributed by atoms with E-state index in [9.17, 15) is 8.42 Å². The fourth-order valence-corrected chi connectivity index (χ4v) is 4.27. The Morgan fingerprint density at radius 2 is 1.85 bits per heavy atom. The molecule has 20 heavy (non-hydrogen) atoms. The highest BCUT2D eigenvalue weighted by Crippen LogP contribution is 2.31. The monoisotopic (exact) mass is 302 g/mol. The molecule has 118 valence electrons. The molecule has 0 radical (unpaired) electrons. The van der Waals surface area contributed by atoms with Crippen LogP contribution in [0.2, 0.25) is 0 Å². The summed E-state index contributed by atoms with van der Waals surface area (Å²) in [6, 6.07) is 0.519. The zero-order valence-electron chi connectivity index (χ0n) is 13.2. The average molecular weight is 302 g/mol. The molecule has 1 aliphatic heterocycles. The first-order valence-corrected chi connectivity index (χ1v) is 10.00. The number of nitrogens with zero attached hydrogens (tertiary/aromatic N) is 1. The van der Waals surface area contributed by atoms with Crippen LogP contribution >= 0.6 is 0 Å². The molecule has 1 aliphatic carbocycles. The maximum atomic E-state index is 11.5. The van der Waals surface area contributed by atoms with Crippen LogP contribution in [-0.4, -0.2) is 56.5 Å². The molecule has 2 aliphatic rings. The maximum absolute atomic E-state index is 11.5. The van der Waals surface area contributed by atoms with Gasteiger partial charge < -0.3 is 5.32 Å². The van der Waals surface area contributed by atoms with Crippen molar-refractivity contribution >= 4 is 9.84 Å². The van der Waals surface area contributed by atoms with Crippen LogP contribution in [0.25, 0.3) is 0 Å². The van der Waals surface area contributed by atoms with Gasteiger partial charge in [0.15, 0.2) is 0 Å². The van der Waals surface area contributed by atoms with Gasteiger partial charge in [-0.2, -0.15) is 0 Å². The first-order chi connectivity index (χ1) is 9.27. The lowest BCUT2D eigenvalue weighted by Gasteiger charge is -2.48. The minimum Gasteiger partial charge on any atom is -0.309 e. The van der Waals surface area contributed by atoms with Gasteiger partial charge in [-0.3, -0.25) is 4.90 Å². The minimum absolute atomic E-state index is 0.0860. The third-order valence-corrected chi connectivity index (χ3v) is 5.72. The van der Waals surface area contributed by atoms with E-state index in [1.807, 2.05) is 0 Å². The summed E-state index contributed by atoms with van der Waals surface area (Å²) < 4.78 is 23.0. The normalized spacial score (nSPS) is 29.4. The van der Waals surface area contributed by atoms with E-state index in [-0.39, 0.29) is 11.3 Å². The maximum Gasteiger partial charge on any atom is 0.148 e. The van der Waals surface area contributed by atoms with E-state index in [1.54, 1.807) is 0 Å². The SMILES string of the molecule is CC1(C)CN(CCS(C)(=O)=O)C(C2CCCCC2)CN1. The van der Waals surface area contributed by atoms with Gasteiger partial charge in [0, 0.05) is 37.5 Å². The van der Waals surface area contributed by atoms with Crippen molar-refractivity contribution in [1.29, 1.82) is 0 Å². The van der Waals surface area contributed by atoms with E-state index >= 15 is 0 Å². The number of nitrogens with one attached hydrogen (secondary N) is 1. The summed E-state index contributed by atoms with van der Waals surface area (Å²) in [6.07, 6.45) is 8.00. The topological polar surface area (TPSA) is 49.4 Å². The summed E-state index contributed by atoms with van der Waals surface area (Å²) >= 11 is 0. The van der Waals surface area contributed by atoms with Gasteiger partial charge in [-0.05, 0) is 32.6 Å². The van der Waals surface area contributed by atoms with E-state index in [0.29, 0.717) is 12.6 Å². The van der Waals surface area contributed by atoms with Crippen molar-refractivity contribution in [3.8, 4) is 0 Å². The summed E-state index contributed by atoms with van der Waals surface area (Å²) in [4.78, 5) is 2.44. The molecule has 0 aromatic carbocycles. The molecule has 1 atom stereocenters. The van der Waals surface area contributed by atoms with Crippen LogP contribution in [0.15, 0.2) is 0 Å². The van der Waals surface area contributed by atoms with E-state index in [4.69, 9.17) is 0 Å².